The number of benzene rings is 2. The maximum Gasteiger partial charge on any atom is 0.232 e. The summed E-state index contributed by atoms with van der Waals surface area (Å²) in [4.78, 5) is 4.63. The van der Waals surface area contributed by atoms with Crippen molar-refractivity contribution in [3.63, 3.8) is 0 Å². The molecule has 2 aromatic carbocycles. The largest absolute Gasteiger partial charge is 0.357 e. The molecule has 2 heterocycles. The normalized spacial score (nSPS) is 16.2. The van der Waals surface area contributed by atoms with E-state index in [-0.39, 0.29) is 11.9 Å². The predicted octanol–water partition coefficient (Wildman–Crippen LogP) is 4.27. The van der Waals surface area contributed by atoms with E-state index in [0.29, 0.717) is 13.0 Å². The van der Waals surface area contributed by atoms with Crippen molar-refractivity contribution >= 4 is 32.2 Å². The number of halogens is 1. The van der Waals surface area contributed by atoms with Crippen LogP contribution in [0, 0.1) is 5.82 Å². The zero-order chi connectivity index (χ0) is 19.9. The van der Waals surface area contributed by atoms with Gasteiger partial charge in [0.1, 0.15) is 5.82 Å². The lowest BCUT2D eigenvalue weighted by molar-refractivity contribution is 0.590. The molecule has 1 N–H and O–H groups in total. The minimum atomic E-state index is -3.29. The van der Waals surface area contributed by atoms with Crippen LogP contribution < -0.4 is 9.62 Å². The number of hydrogen-bond acceptors (Lipinski definition) is 5. The molecular formula is C20H20FN3O2S2. The summed E-state index contributed by atoms with van der Waals surface area (Å²) >= 11 is 1.50. The van der Waals surface area contributed by atoms with E-state index >= 15 is 0 Å². The molecule has 1 unspecified atom stereocenters. The molecule has 0 spiro atoms. The van der Waals surface area contributed by atoms with Gasteiger partial charge in [0.15, 0.2) is 5.13 Å². The molecule has 0 bridgehead atoms. The average Bonchev–Trinajstić information content (AvgIpc) is 3.23. The molecule has 0 radical (unpaired) electrons. The standard InChI is InChI=1S/C20H20FN3O2S2/c1-13-9-16-10-15(5-8-19(16)24(13)28(2,25)26)18-12-27-20(23-18)22-11-14-3-6-17(21)7-4-14/h3-8,10,12-13H,9,11H2,1-2H3,(H,22,23). The maximum absolute atomic E-state index is 13.0. The molecule has 1 aromatic heterocycles. The van der Waals surface area contributed by atoms with Crippen molar-refractivity contribution in [1.82, 2.24) is 4.98 Å². The first-order valence-electron chi connectivity index (χ1n) is 8.88. The van der Waals surface area contributed by atoms with E-state index in [1.807, 2.05) is 30.5 Å². The van der Waals surface area contributed by atoms with Crippen molar-refractivity contribution in [1.29, 1.82) is 0 Å². The third-order valence-electron chi connectivity index (χ3n) is 4.75. The van der Waals surface area contributed by atoms with Gasteiger partial charge in [-0.15, -0.1) is 11.3 Å². The van der Waals surface area contributed by atoms with E-state index in [9.17, 15) is 12.8 Å². The Hall–Kier alpha value is -2.45. The lowest BCUT2D eigenvalue weighted by Crippen LogP contribution is -2.34. The number of anilines is 2. The molecule has 0 fully saturated rings. The van der Waals surface area contributed by atoms with Crippen LogP contribution in [0.25, 0.3) is 11.3 Å². The lowest BCUT2D eigenvalue weighted by atomic mass is 10.1. The van der Waals surface area contributed by atoms with Gasteiger partial charge in [0, 0.05) is 23.5 Å². The van der Waals surface area contributed by atoms with Crippen LogP contribution >= 0.6 is 11.3 Å². The summed E-state index contributed by atoms with van der Waals surface area (Å²) in [6, 6.07) is 12.1. The van der Waals surface area contributed by atoms with Gasteiger partial charge >= 0.3 is 0 Å². The molecule has 1 aliphatic heterocycles. The zero-order valence-electron chi connectivity index (χ0n) is 15.5. The van der Waals surface area contributed by atoms with Crippen LogP contribution in [0.4, 0.5) is 15.2 Å². The van der Waals surface area contributed by atoms with Gasteiger partial charge in [-0.25, -0.2) is 17.8 Å². The topological polar surface area (TPSA) is 62.3 Å². The molecule has 28 heavy (non-hydrogen) atoms. The van der Waals surface area contributed by atoms with E-state index < -0.39 is 10.0 Å². The van der Waals surface area contributed by atoms with Gasteiger partial charge in [-0.3, -0.25) is 4.31 Å². The molecule has 0 amide bonds. The van der Waals surface area contributed by atoms with Crippen LogP contribution in [-0.2, 0) is 23.0 Å². The van der Waals surface area contributed by atoms with Crippen LogP contribution in [0.1, 0.15) is 18.1 Å². The summed E-state index contributed by atoms with van der Waals surface area (Å²) < 4.78 is 38.6. The number of nitrogens with zero attached hydrogens (tertiary/aromatic N) is 2. The highest BCUT2D eigenvalue weighted by atomic mass is 32.2. The molecule has 5 nitrogen and oxygen atoms in total. The monoisotopic (exact) mass is 417 g/mol. The quantitative estimate of drug-likeness (QED) is 0.673. The van der Waals surface area contributed by atoms with Crippen molar-refractivity contribution in [3.05, 3.63) is 64.8 Å². The Labute approximate surface area is 167 Å². The average molecular weight is 418 g/mol. The lowest BCUT2D eigenvalue weighted by Gasteiger charge is -2.21. The number of sulfonamides is 1. The molecule has 1 atom stereocenters. The SMILES string of the molecule is CC1Cc2cc(-c3csc(NCc4ccc(F)cc4)n3)ccc2N1S(C)(=O)=O. The first kappa shape index (κ1) is 18.9. The van der Waals surface area contributed by atoms with Crippen molar-refractivity contribution in [2.75, 3.05) is 15.9 Å². The Morgan fingerprint density at radius 2 is 2.00 bits per heavy atom. The first-order chi connectivity index (χ1) is 13.3. The van der Waals surface area contributed by atoms with Crippen molar-refractivity contribution < 1.29 is 12.8 Å². The third-order valence-corrected chi connectivity index (χ3v) is 6.82. The summed E-state index contributed by atoms with van der Waals surface area (Å²) in [7, 11) is -3.29. The van der Waals surface area contributed by atoms with Gasteiger partial charge in [0.05, 0.1) is 17.6 Å². The molecule has 0 saturated heterocycles. The maximum atomic E-state index is 13.0. The Morgan fingerprint density at radius 1 is 1.25 bits per heavy atom. The van der Waals surface area contributed by atoms with Crippen LogP contribution in [0.2, 0.25) is 0 Å². The van der Waals surface area contributed by atoms with E-state index in [2.05, 4.69) is 10.3 Å². The minimum absolute atomic E-state index is 0.0800. The Morgan fingerprint density at radius 3 is 2.71 bits per heavy atom. The van der Waals surface area contributed by atoms with Crippen LogP contribution in [0.15, 0.2) is 47.8 Å². The zero-order valence-corrected chi connectivity index (χ0v) is 17.1. The summed E-state index contributed by atoms with van der Waals surface area (Å²) in [6.45, 7) is 2.49. The van der Waals surface area contributed by atoms with Crippen LogP contribution in [-0.4, -0.2) is 25.7 Å². The van der Waals surface area contributed by atoms with Crippen LogP contribution in [0.5, 0.6) is 0 Å². The molecule has 1 aliphatic rings. The Kier molecular flexibility index (Phi) is 4.84. The highest BCUT2D eigenvalue weighted by Gasteiger charge is 2.32. The highest BCUT2D eigenvalue weighted by Crippen LogP contribution is 2.37. The molecule has 146 valence electrons. The second-order valence-electron chi connectivity index (χ2n) is 6.97. The minimum Gasteiger partial charge on any atom is -0.357 e. The predicted molar refractivity (Wildman–Crippen MR) is 112 cm³/mol. The molecule has 0 saturated carbocycles. The fourth-order valence-electron chi connectivity index (χ4n) is 3.53. The molecule has 8 heteroatoms. The van der Waals surface area contributed by atoms with E-state index in [0.717, 1.165) is 33.2 Å². The summed E-state index contributed by atoms with van der Waals surface area (Å²) in [5, 5.41) is 6.01. The van der Waals surface area contributed by atoms with Crippen LogP contribution in [0.3, 0.4) is 0 Å². The molecular weight excluding hydrogens is 397 g/mol. The fourth-order valence-corrected chi connectivity index (χ4v) is 5.52. The highest BCUT2D eigenvalue weighted by molar-refractivity contribution is 7.92. The van der Waals surface area contributed by atoms with Gasteiger partial charge in [0.2, 0.25) is 10.0 Å². The van der Waals surface area contributed by atoms with E-state index in [1.54, 1.807) is 12.1 Å². The number of rotatable bonds is 5. The van der Waals surface area contributed by atoms with E-state index in [1.165, 1.54) is 34.0 Å². The van der Waals surface area contributed by atoms with Crippen molar-refractivity contribution in [2.24, 2.45) is 0 Å². The van der Waals surface area contributed by atoms with Gasteiger partial charge in [0.25, 0.3) is 0 Å². The smallest absolute Gasteiger partial charge is 0.232 e. The van der Waals surface area contributed by atoms with Gasteiger partial charge in [-0.05, 0) is 48.7 Å². The number of hydrogen-bond donors (Lipinski definition) is 1. The molecule has 4 rings (SSSR count). The number of thiazole rings is 1. The Bertz CT molecular complexity index is 1110. The van der Waals surface area contributed by atoms with Crippen molar-refractivity contribution in [3.8, 4) is 11.3 Å². The Balaban J connectivity index is 1.52. The van der Waals surface area contributed by atoms with Crippen molar-refractivity contribution in [2.45, 2.75) is 25.9 Å². The van der Waals surface area contributed by atoms with Gasteiger partial charge < -0.3 is 5.32 Å². The summed E-state index contributed by atoms with van der Waals surface area (Å²) in [5.74, 6) is -0.249. The molecule has 3 aromatic rings. The number of fused-ring (bicyclic) bond motifs is 1. The second kappa shape index (κ2) is 7.18. The molecule has 0 aliphatic carbocycles. The summed E-state index contributed by atoms with van der Waals surface area (Å²) in [6.07, 6.45) is 1.93. The van der Waals surface area contributed by atoms with Gasteiger partial charge in [-0.2, -0.15) is 0 Å². The van der Waals surface area contributed by atoms with E-state index in [4.69, 9.17) is 0 Å². The number of aromatic nitrogens is 1. The second-order valence-corrected chi connectivity index (χ2v) is 9.69. The summed E-state index contributed by atoms with van der Waals surface area (Å²) in [5.41, 5.74) is 4.56. The fraction of sp³-hybridized carbons (Fsp3) is 0.250. The third kappa shape index (κ3) is 3.74. The van der Waals surface area contributed by atoms with Gasteiger partial charge in [-0.1, -0.05) is 18.2 Å². The number of nitrogens with one attached hydrogen (secondary N) is 1. The first-order valence-corrected chi connectivity index (χ1v) is 11.6.